The first-order valence-electron chi connectivity index (χ1n) is 6.08. The summed E-state index contributed by atoms with van der Waals surface area (Å²) >= 11 is 5.07. The minimum atomic E-state index is -0.688. The van der Waals surface area contributed by atoms with E-state index in [1.165, 1.54) is 4.90 Å². The molecular weight excluding hydrogens is 274 g/mol. The monoisotopic (exact) mass is 285 g/mol. The first-order chi connectivity index (χ1) is 9.63. The second-order valence-electron chi connectivity index (χ2n) is 4.49. The first kappa shape index (κ1) is 12.7. The summed E-state index contributed by atoms with van der Waals surface area (Å²) < 4.78 is 0. The van der Waals surface area contributed by atoms with Gasteiger partial charge >= 0.3 is 0 Å². The van der Waals surface area contributed by atoms with Crippen molar-refractivity contribution >= 4 is 40.5 Å². The molecule has 0 bridgehead atoms. The van der Waals surface area contributed by atoms with E-state index in [9.17, 15) is 9.59 Å². The smallest absolute Gasteiger partial charge is 0.276 e. The number of hydrogen-bond donors (Lipinski definition) is 1. The van der Waals surface area contributed by atoms with Gasteiger partial charge in [0.05, 0.1) is 0 Å². The molecule has 0 saturated heterocycles. The number of carbonyl (C=O) groups excluding carboxylic acids is 2. The van der Waals surface area contributed by atoms with Crippen LogP contribution in [-0.4, -0.2) is 34.1 Å². The van der Waals surface area contributed by atoms with Crippen molar-refractivity contribution in [1.29, 1.82) is 0 Å². The Bertz CT molecular complexity index is 681. The number of fused-ring (bicyclic) bond motifs is 1. The van der Waals surface area contributed by atoms with Gasteiger partial charge in [-0.2, -0.15) is 0 Å². The maximum Gasteiger partial charge on any atom is 0.276 e. The van der Waals surface area contributed by atoms with Crippen molar-refractivity contribution in [2.75, 3.05) is 11.9 Å². The Morgan fingerprint density at radius 1 is 1.40 bits per heavy atom. The highest BCUT2D eigenvalue weighted by atomic mass is 32.1. The Kier molecular flexibility index (Phi) is 2.94. The number of nitrogens with zero attached hydrogens (tertiary/aromatic N) is 2. The predicted octanol–water partition coefficient (Wildman–Crippen LogP) is 1.48. The lowest BCUT2D eigenvalue weighted by molar-refractivity contribution is -0.121. The van der Waals surface area contributed by atoms with E-state index < -0.39 is 5.92 Å². The minimum absolute atomic E-state index is 0.180. The lowest BCUT2D eigenvalue weighted by atomic mass is 9.95. The van der Waals surface area contributed by atoms with Gasteiger partial charge in [0.25, 0.3) is 5.91 Å². The van der Waals surface area contributed by atoms with Crippen LogP contribution in [0, 0.1) is 0 Å². The fourth-order valence-electron chi connectivity index (χ4n) is 2.39. The van der Waals surface area contributed by atoms with Crippen LogP contribution in [0.2, 0.25) is 0 Å². The van der Waals surface area contributed by atoms with Gasteiger partial charge in [-0.25, -0.2) is 4.99 Å². The Balaban J connectivity index is 2.01. The van der Waals surface area contributed by atoms with E-state index in [-0.39, 0.29) is 22.6 Å². The highest BCUT2D eigenvalue weighted by Crippen LogP contribution is 2.34. The molecule has 1 aromatic carbocycles. The summed E-state index contributed by atoms with van der Waals surface area (Å²) in [6.07, 6.45) is 1.57. The van der Waals surface area contributed by atoms with Gasteiger partial charge < -0.3 is 5.32 Å². The zero-order valence-electron chi connectivity index (χ0n) is 10.5. The summed E-state index contributed by atoms with van der Waals surface area (Å²) in [6, 6.07) is 7.26. The molecule has 2 aliphatic rings. The van der Waals surface area contributed by atoms with E-state index in [1.807, 2.05) is 18.2 Å². The molecule has 3 rings (SSSR count). The Labute approximate surface area is 121 Å². The number of benzene rings is 1. The quantitative estimate of drug-likeness (QED) is 0.676. The third-order valence-electron chi connectivity index (χ3n) is 3.29. The van der Waals surface area contributed by atoms with Crippen molar-refractivity contribution in [1.82, 2.24) is 4.90 Å². The standard InChI is InChI=1S/C14H11N3O2S/c1-2-7-17-13(19)11(16-14(17)20)10-8-5-3-4-6-9(8)15-12(10)18/h2-6,10H,1,7H2,(H,15,18). The Hall–Kier alpha value is -2.34. The molecule has 20 heavy (non-hydrogen) atoms. The lowest BCUT2D eigenvalue weighted by Gasteiger charge is -2.13. The van der Waals surface area contributed by atoms with Crippen molar-refractivity contribution < 1.29 is 9.59 Å². The van der Waals surface area contributed by atoms with Crippen LogP contribution in [0.25, 0.3) is 0 Å². The minimum Gasteiger partial charge on any atom is -0.325 e. The molecule has 0 radical (unpaired) electrons. The van der Waals surface area contributed by atoms with Crippen LogP contribution in [0.5, 0.6) is 0 Å². The fourth-order valence-corrected chi connectivity index (χ4v) is 2.65. The second kappa shape index (κ2) is 4.64. The van der Waals surface area contributed by atoms with Gasteiger partial charge in [0.2, 0.25) is 11.0 Å². The molecule has 0 spiro atoms. The molecule has 0 aliphatic carbocycles. The summed E-state index contributed by atoms with van der Waals surface area (Å²) in [5.74, 6) is -1.26. The summed E-state index contributed by atoms with van der Waals surface area (Å²) in [5.41, 5.74) is 1.65. The fraction of sp³-hybridized carbons (Fsp3) is 0.143. The number of amides is 2. The molecule has 1 N–H and O–H groups in total. The molecule has 100 valence electrons. The van der Waals surface area contributed by atoms with E-state index in [1.54, 1.807) is 12.1 Å². The average molecular weight is 285 g/mol. The van der Waals surface area contributed by atoms with Crippen LogP contribution < -0.4 is 5.32 Å². The molecule has 6 heteroatoms. The first-order valence-corrected chi connectivity index (χ1v) is 6.49. The van der Waals surface area contributed by atoms with Crippen molar-refractivity contribution in [2.45, 2.75) is 5.92 Å². The highest BCUT2D eigenvalue weighted by Gasteiger charge is 2.42. The van der Waals surface area contributed by atoms with Crippen LogP contribution in [0.3, 0.4) is 0 Å². The summed E-state index contributed by atoms with van der Waals surface area (Å²) in [6.45, 7) is 3.88. The van der Waals surface area contributed by atoms with E-state index in [2.05, 4.69) is 16.9 Å². The van der Waals surface area contributed by atoms with Crippen molar-refractivity contribution in [2.24, 2.45) is 4.99 Å². The largest absolute Gasteiger partial charge is 0.325 e. The van der Waals surface area contributed by atoms with Crippen molar-refractivity contribution in [3.05, 3.63) is 42.5 Å². The predicted molar refractivity (Wildman–Crippen MR) is 79.8 cm³/mol. The zero-order chi connectivity index (χ0) is 14.3. The van der Waals surface area contributed by atoms with E-state index in [0.29, 0.717) is 12.2 Å². The molecule has 2 aliphatic heterocycles. The molecule has 2 heterocycles. The number of rotatable bonds is 3. The van der Waals surface area contributed by atoms with E-state index in [0.717, 1.165) is 5.56 Å². The van der Waals surface area contributed by atoms with Gasteiger partial charge in [-0.05, 0) is 23.8 Å². The van der Waals surface area contributed by atoms with Crippen LogP contribution in [-0.2, 0) is 9.59 Å². The number of carbonyl (C=O) groups is 2. The Morgan fingerprint density at radius 2 is 2.15 bits per heavy atom. The van der Waals surface area contributed by atoms with Crippen LogP contribution in [0.15, 0.2) is 41.9 Å². The second-order valence-corrected chi connectivity index (χ2v) is 4.86. The van der Waals surface area contributed by atoms with Crippen molar-refractivity contribution in [3.8, 4) is 0 Å². The molecule has 0 saturated carbocycles. The summed E-state index contributed by atoms with van der Waals surface area (Å²) in [5, 5.41) is 2.94. The van der Waals surface area contributed by atoms with Gasteiger partial charge in [-0.1, -0.05) is 24.3 Å². The van der Waals surface area contributed by atoms with Gasteiger partial charge in [0, 0.05) is 12.2 Å². The molecule has 1 unspecified atom stereocenters. The van der Waals surface area contributed by atoms with Gasteiger partial charge in [0.15, 0.2) is 0 Å². The van der Waals surface area contributed by atoms with E-state index >= 15 is 0 Å². The number of anilines is 1. The van der Waals surface area contributed by atoms with Crippen LogP contribution >= 0.6 is 12.2 Å². The molecule has 2 amide bonds. The van der Waals surface area contributed by atoms with Gasteiger partial charge in [-0.15, -0.1) is 6.58 Å². The topological polar surface area (TPSA) is 61.8 Å². The third kappa shape index (κ3) is 1.77. The maximum absolute atomic E-state index is 12.3. The molecule has 1 atom stereocenters. The highest BCUT2D eigenvalue weighted by molar-refractivity contribution is 7.80. The van der Waals surface area contributed by atoms with Crippen LogP contribution in [0.1, 0.15) is 11.5 Å². The summed E-state index contributed by atoms with van der Waals surface area (Å²) in [4.78, 5) is 29.9. The SMILES string of the molecule is C=CCN1C(=O)C(C2C(=O)Nc3ccccc32)=NC1=S. The van der Waals surface area contributed by atoms with Gasteiger partial charge in [-0.3, -0.25) is 14.5 Å². The number of aliphatic imine (C=N–C) groups is 1. The molecular formula is C14H11N3O2S. The number of hydrogen-bond acceptors (Lipinski definition) is 3. The Morgan fingerprint density at radius 3 is 2.90 bits per heavy atom. The molecule has 1 aromatic rings. The van der Waals surface area contributed by atoms with E-state index in [4.69, 9.17) is 12.2 Å². The van der Waals surface area contributed by atoms with Crippen LogP contribution in [0.4, 0.5) is 5.69 Å². The lowest BCUT2D eigenvalue weighted by Crippen LogP contribution is -2.36. The number of thiocarbonyl (C=S) groups is 1. The maximum atomic E-state index is 12.3. The average Bonchev–Trinajstić information content (AvgIpc) is 2.89. The van der Waals surface area contributed by atoms with Crippen molar-refractivity contribution in [3.63, 3.8) is 0 Å². The summed E-state index contributed by atoms with van der Waals surface area (Å²) in [7, 11) is 0. The van der Waals surface area contributed by atoms with Gasteiger partial charge in [0.1, 0.15) is 11.6 Å². The third-order valence-corrected chi connectivity index (χ3v) is 3.60. The number of nitrogens with one attached hydrogen (secondary N) is 1. The zero-order valence-corrected chi connectivity index (χ0v) is 11.3. The molecule has 0 aromatic heterocycles. The molecule has 5 nitrogen and oxygen atoms in total. The normalized spacial score (nSPS) is 20.8. The number of para-hydroxylation sites is 1. The molecule has 0 fully saturated rings.